The average molecular weight is 268 g/mol. The number of ether oxygens (including phenoxy) is 1. The van der Waals surface area contributed by atoms with Gasteiger partial charge >= 0.3 is 0 Å². The first-order valence-electron chi connectivity index (χ1n) is 6.34. The second-order valence-corrected chi connectivity index (χ2v) is 5.09. The Morgan fingerprint density at radius 1 is 1.44 bits per heavy atom. The van der Waals surface area contributed by atoms with Crippen LogP contribution in [0.3, 0.4) is 0 Å². The van der Waals surface area contributed by atoms with Gasteiger partial charge in [-0.1, -0.05) is 39.0 Å². The summed E-state index contributed by atoms with van der Waals surface area (Å²) in [7, 11) is 0. The zero-order valence-electron chi connectivity index (χ0n) is 11.4. The van der Waals surface area contributed by atoms with Crippen LogP contribution in [-0.4, -0.2) is 19.2 Å². The summed E-state index contributed by atoms with van der Waals surface area (Å²) in [5.41, 5.74) is 2.15. The van der Waals surface area contributed by atoms with Gasteiger partial charge in [-0.2, -0.15) is 0 Å². The molecule has 0 fully saturated rings. The predicted molar refractivity (Wildman–Crippen MR) is 78.6 cm³/mol. The lowest BCUT2D eigenvalue weighted by Crippen LogP contribution is -2.26. The average Bonchev–Trinajstić information content (AvgIpc) is 2.35. The predicted octanol–water partition coefficient (Wildman–Crippen LogP) is 3.84. The third-order valence-electron chi connectivity index (χ3n) is 2.60. The molecule has 0 aliphatic heterocycles. The monoisotopic (exact) mass is 267 g/mol. The van der Waals surface area contributed by atoms with Crippen LogP contribution in [0.1, 0.15) is 26.3 Å². The quantitative estimate of drug-likeness (QED) is 0.758. The number of aryl methyl sites for hydroxylation is 1. The fraction of sp³-hybridized carbons (Fsp3) is 0.467. The number of rotatable bonds is 7. The van der Waals surface area contributed by atoms with E-state index >= 15 is 0 Å². The first-order valence-corrected chi connectivity index (χ1v) is 6.72. The molecule has 0 saturated carbocycles. The third kappa shape index (κ3) is 5.11. The van der Waals surface area contributed by atoms with E-state index in [1.807, 2.05) is 18.2 Å². The van der Waals surface area contributed by atoms with Gasteiger partial charge in [0.1, 0.15) is 12.4 Å². The van der Waals surface area contributed by atoms with Crippen molar-refractivity contribution in [3.8, 4) is 5.75 Å². The van der Waals surface area contributed by atoms with Crippen molar-refractivity contribution in [1.29, 1.82) is 0 Å². The normalized spacial score (nSPS) is 10.7. The summed E-state index contributed by atoms with van der Waals surface area (Å²) < 4.78 is 5.70. The minimum absolute atomic E-state index is 0.462. The Kier molecular flexibility index (Phi) is 6.23. The number of nitrogens with one attached hydrogen (secondary N) is 1. The van der Waals surface area contributed by atoms with Gasteiger partial charge in [0.2, 0.25) is 0 Å². The molecule has 1 N–H and O–H groups in total. The number of hydrogen-bond acceptors (Lipinski definition) is 2. The van der Waals surface area contributed by atoms with Crippen LogP contribution in [0.15, 0.2) is 30.4 Å². The van der Waals surface area contributed by atoms with Crippen molar-refractivity contribution in [3.05, 3.63) is 40.9 Å². The van der Waals surface area contributed by atoms with Crippen LogP contribution >= 0.6 is 11.6 Å². The maximum Gasteiger partial charge on any atom is 0.120 e. The maximum atomic E-state index is 6.06. The largest absolute Gasteiger partial charge is 0.489 e. The standard InChI is InChI=1S/C15H22ClNO/c1-5-13-8-14(6-7-15(13)16)18-10-12(4)9-17-11(2)3/h6-8,11,17H,4-5,9-10H2,1-3H3. The summed E-state index contributed by atoms with van der Waals surface area (Å²) in [5, 5.41) is 4.11. The molecule has 0 aliphatic rings. The molecule has 1 aromatic carbocycles. The van der Waals surface area contributed by atoms with Gasteiger partial charge in [-0.25, -0.2) is 0 Å². The number of hydrogen-bond donors (Lipinski definition) is 1. The van der Waals surface area contributed by atoms with Gasteiger partial charge in [0, 0.05) is 17.6 Å². The Bertz CT molecular complexity index is 401. The van der Waals surface area contributed by atoms with Gasteiger partial charge in [0.05, 0.1) is 0 Å². The smallest absolute Gasteiger partial charge is 0.120 e. The molecule has 0 bridgehead atoms. The summed E-state index contributed by atoms with van der Waals surface area (Å²) in [5.74, 6) is 0.849. The first-order chi connectivity index (χ1) is 8.52. The van der Waals surface area contributed by atoms with Crippen LogP contribution in [-0.2, 0) is 6.42 Å². The van der Waals surface area contributed by atoms with Crippen LogP contribution in [0.4, 0.5) is 0 Å². The van der Waals surface area contributed by atoms with Crippen molar-refractivity contribution in [1.82, 2.24) is 5.32 Å². The van der Waals surface area contributed by atoms with Gasteiger partial charge in [0.15, 0.2) is 0 Å². The topological polar surface area (TPSA) is 21.3 Å². The molecule has 1 aromatic rings. The van der Waals surface area contributed by atoms with Crippen molar-refractivity contribution in [2.45, 2.75) is 33.2 Å². The number of benzene rings is 1. The molecule has 0 amide bonds. The van der Waals surface area contributed by atoms with Crippen LogP contribution in [0.5, 0.6) is 5.75 Å². The first kappa shape index (κ1) is 15.1. The molecule has 0 radical (unpaired) electrons. The fourth-order valence-electron chi connectivity index (χ4n) is 1.50. The molecule has 0 heterocycles. The molecule has 0 aromatic heterocycles. The minimum Gasteiger partial charge on any atom is -0.489 e. The Balaban J connectivity index is 2.46. The van der Waals surface area contributed by atoms with Gasteiger partial charge in [-0.05, 0) is 35.8 Å². The van der Waals surface area contributed by atoms with E-state index in [1.54, 1.807) is 0 Å². The van der Waals surface area contributed by atoms with E-state index in [9.17, 15) is 0 Å². The molecule has 18 heavy (non-hydrogen) atoms. The Hall–Kier alpha value is -0.990. The fourth-order valence-corrected chi connectivity index (χ4v) is 1.75. The second-order valence-electron chi connectivity index (χ2n) is 4.68. The molecule has 0 aliphatic carbocycles. The SMILES string of the molecule is C=C(CNC(C)C)COc1ccc(Cl)c(CC)c1. The highest BCUT2D eigenvalue weighted by Gasteiger charge is 2.02. The highest BCUT2D eigenvalue weighted by molar-refractivity contribution is 6.31. The van der Waals surface area contributed by atoms with Crippen molar-refractivity contribution in [3.63, 3.8) is 0 Å². The lowest BCUT2D eigenvalue weighted by Gasteiger charge is -2.12. The molecule has 2 nitrogen and oxygen atoms in total. The highest BCUT2D eigenvalue weighted by atomic mass is 35.5. The molecule has 0 atom stereocenters. The number of halogens is 1. The van der Waals surface area contributed by atoms with Crippen LogP contribution < -0.4 is 10.1 Å². The van der Waals surface area contributed by atoms with Gasteiger partial charge in [-0.15, -0.1) is 0 Å². The molecule has 0 unspecified atom stereocenters. The van der Waals surface area contributed by atoms with E-state index in [4.69, 9.17) is 16.3 Å². The maximum absolute atomic E-state index is 6.06. The highest BCUT2D eigenvalue weighted by Crippen LogP contribution is 2.22. The zero-order valence-corrected chi connectivity index (χ0v) is 12.2. The van der Waals surface area contributed by atoms with Gasteiger partial charge in [0.25, 0.3) is 0 Å². The molecule has 1 rings (SSSR count). The van der Waals surface area contributed by atoms with Crippen LogP contribution in [0.2, 0.25) is 5.02 Å². The molecule has 0 saturated heterocycles. The van der Waals surface area contributed by atoms with Gasteiger partial charge in [-0.3, -0.25) is 0 Å². The summed E-state index contributed by atoms with van der Waals surface area (Å²) >= 11 is 6.06. The van der Waals surface area contributed by atoms with Crippen molar-refractivity contribution in [2.75, 3.05) is 13.2 Å². The third-order valence-corrected chi connectivity index (χ3v) is 2.97. The summed E-state index contributed by atoms with van der Waals surface area (Å²) in [6.45, 7) is 11.6. The van der Waals surface area contributed by atoms with Crippen molar-refractivity contribution >= 4 is 11.6 Å². The minimum atomic E-state index is 0.462. The zero-order chi connectivity index (χ0) is 13.5. The molecule has 3 heteroatoms. The lowest BCUT2D eigenvalue weighted by atomic mass is 10.1. The van der Waals surface area contributed by atoms with E-state index in [0.29, 0.717) is 12.6 Å². The second kappa shape index (κ2) is 7.45. The molecular weight excluding hydrogens is 246 g/mol. The molecular formula is C15H22ClNO. The van der Waals surface area contributed by atoms with E-state index in [1.165, 1.54) is 0 Å². The van der Waals surface area contributed by atoms with Crippen LogP contribution in [0.25, 0.3) is 0 Å². The van der Waals surface area contributed by atoms with Crippen molar-refractivity contribution in [2.24, 2.45) is 0 Å². The lowest BCUT2D eigenvalue weighted by molar-refractivity contribution is 0.347. The van der Waals surface area contributed by atoms with Crippen LogP contribution in [0, 0.1) is 0 Å². The Morgan fingerprint density at radius 2 is 2.17 bits per heavy atom. The summed E-state index contributed by atoms with van der Waals surface area (Å²) in [6.07, 6.45) is 0.909. The van der Waals surface area contributed by atoms with E-state index in [2.05, 4.69) is 32.7 Å². The van der Waals surface area contributed by atoms with Gasteiger partial charge < -0.3 is 10.1 Å². The Morgan fingerprint density at radius 3 is 2.78 bits per heavy atom. The van der Waals surface area contributed by atoms with E-state index in [0.717, 1.165) is 34.9 Å². The Labute approximate surface area is 115 Å². The molecule has 100 valence electrons. The summed E-state index contributed by atoms with van der Waals surface area (Å²) in [6, 6.07) is 6.23. The van der Waals surface area contributed by atoms with E-state index < -0.39 is 0 Å². The summed E-state index contributed by atoms with van der Waals surface area (Å²) in [4.78, 5) is 0. The van der Waals surface area contributed by atoms with Crippen molar-refractivity contribution < 1.29 is 4.74 Å². The van der Waals surface area contributed by atoms with E-state index in [-0.39, 0.29) is 0 Å². The molecule has 0 spiro atoms.